The lowest BCUT2D eigenvalue weighted by Gasteiger charge is -2.30. The van der Waals surface area contributed by atoms with Gasteiger partial charge in [0.25, 0.3) is 0 Å². The van der Waals surface area contributed by atoms with Crippen LogP contribution in [0.4, 0.5) is 5.69 Å². The number of benzene rings is 1. The maximum Gasteiger partial charge on any atom is 0.244 e. The van der Waals surface area contributed by atoms with E-state index in [1.807, 2.05) is 6.92 Å². The average Bonchev–Trinajstić information content (AvgIpc) is 3.46. The van der Waals surface area contributed by atoms with Crippen LogP contribution in [0.3, 0.4) is 0 Å². The van der Waals surface area contributed by atoms with Crippen molar-refractivity contribution in [3.8, 4) is 16.5 Å². The van der Waals surface area contributed by atoms with Gasteiger partial charge in [0.05, 0.1) is 16.9 Å². The number of carbonyl (C=O) groups is 1. The Bertz CT molecular complexity index is 1230. The van der Waals surface area contributed by atoms with Gasteiger partial charge < -0.3 is 14.6 Å². The Morgan fingerprint density at radius 3 is 2.58 bits per heavy atom. The minimum Gasteiger partial charge on any atom is -0.497 e. The van der Waals surface area contributed by atoms with Crippen LogP contribution in [0.5, 0.6) is 5.75 Å². The number of hydrogen-bond acceptors (Lipinski definition) is 8. The Hall–Kier alpha value is -2.76. The molecule has 1 fully saturated rings. The number of piperidine rings is 1. The van der Waals surface area contributed by atoms with E-state index in [9.17, 15) is 13.2 Å². The summed E-state index contributed by atoms with van der Waals surface area (Å²) in [7, 11) is -2.10. The molecule has 0 spiro atoms. The zero-order chi connectivity index (χ0) is 23.6. The molecule has 0 aliphatic carbocycles. The fraction of sp³-hybridized carbons (Fsp3) is 0.409. The van der Waals surface area contributed by atoms with Crippen molar-refractivity contribution in [1.29, 1.82) is 0 Å². The van der Waals surface area contributed by atoms with Crippen molar-refractivity contribution >= 4 is 33.0 Å². The molecule has 0 atom stereocenters. The molecule has 0 unspecified atom stereocenters. The first-order valence-corrected chi connectivity index (χ1v) is 13.0. The molecule has 9 nitrogen and oxygen atoms in total. The monoisotopic (exact) mass is 490 g/mol. The number of ether oxygens (including phenoxy) is 1. The molecule has 176 valence electrons. The van der Waals surface area contributed by atoms with Gasteiger partial charge in [-0.25, -0.2) is 8.42 Å². The molecule has 0 radical (unpaired) electrons. The first-order chi connectivity index (χ1) is 15.8. The van der Waals surface area contributed by atoms with Crippen LogP contribution in [0.2, 0.25) is 0 Å². The quantitative estimate of drug-likeness (QED) is 0.537. The van der Waals surface area contributed by atoms with Crippen molar-refractivity contribution in [2.24, 2.45) is 5.92 Å². The molecule has 3 aromatic rings. The number of carbonyl (C=O) groups excluding carboxylic acids is 1. The number of nitrogens with one attached hydrogen (secondary N) is 1. The molecular weight excluding hydrogens is 464 g/mol. The Morgan fingerprint density at radius 2 is 1.97 bits per heavy atom. The molecule has 3 heterocycles. The Kier molecular flexibility index (Phi) is 6.82. The number of rotatable bonds is 7. The summed E-state index contributed by atoms with van der Waals surface area (Å²) in [4.78, 5) is 18.5. The van der Waals surface area contributed by atoms with Gasteiger partial charge in [-0.3, -0.25) is 4.79 Å². The molecule has 1 saturated heterocycles. The number of anilines is 1. The number of methoxy groups -OCH3 is 1. The van der Waals surface area contributed by atoms with Gasteiger partial charge in [0.1, 0.15) is 5.75 Å². The average molecular weight is 491 g/mol. The number of nitrogens with zero attached hydrogens (tertiary/aromatic N) is 3. The minimum atomic E-state index is -3.68. The van der Waals surface area contributed by atoms with Crippen molar-refractivity contribution in [3.05, 3.63) is 41.1 Å². The molecule has 1 aromatic carbocycles. The summed E-state index contributed by atoms with van der Waals surface area (Å²) in [5.41, 5.74) is 0.685. The Balaban J connectivity index is 1.41. The third-order valence-electron chi connectivity index (χ3n) is 5.66. The van der Waals surface area contributed by atoms with Gasteiger partial charge in [0, 0.05) is 36.0 Å². The largest absolute Gasteiger partial charge is 0.497 e. The maximum atomic E-state index is 13.3. The van der Waals surface area contributed by atoms with E-state index in [2.05, 4.69) is 15.5 Å². The lowest BCUT2D eigenvalue weighted by atomic mass is 9.97. The predicted molar refractivity (Wildman–Crippen MR) is 125 cm³/mol. The second-order valence-corrected chi connectivity index (χ2v) is 11.0. The highest BCUT2D eigenvalue weighted by molar-refractivity contribution is 7.89. The lowest BCUT2D eigenvalue weighted by Crippen LogP contribution is -2.41. The Labute approximate surface area is 196 Å². The molecule has 0 saturated carbocycles. The highest BCUT2D eigenvalue weighted by atomic mass is 32.2. The maximum absolute atomic E-state index is 13.3. The van der Waals surface area contributed by atoms with Gasteiger partial charge in [-0.15, -0.1) is 11.3 Å². The van der Waals surface area contributed by atoms with Crippen LogP contribution in [0.15, 0.2) is 39.8 Å². The first kappa shape index (κ1) is 23.4. The number of sulfonamides is 1. The number of amides is 1. The number of aromatic nitrogens is 2. The second-order valence-electron chi connectivity index (χ2n) is 7.79. The molecule has 11 heteroatoms. The normalized spacial score (nSPS) is 15.5. The molecule has 1 amide bonds. The van der Waals surface area contributed by atoms with E-state index in [4.69, 9.17) is 9.26 Å². The molecule has 0 bridgehead atoms. The van der Waals surface area contributed by atoms with Crippen LogP contribution in [0.25, 0.3) is 10.7 Å². The van der Waals surface area contributed by atoms with E-state index in [0.717, 1.165) is 0 Å². The molecule has 2 aromatic heterocycles. The molecular formula is C22H26N4O5S2. The highest BCUT2D eigenvalue weighted by Crippen LogP contribution is 2.35. The molecule has 1 aliphatic heterocycles. The van der Waals surface area contributed by atoms with Crippen LogP contribution in [0.1, 0.15) is 30.5 Å². The van der Waals surface area contributed by atoms with Crippen LogP contribution in [0, 0.1) is 12.8 Å². The summed E-state index contributed by atoms with van der Waals surface area (Å²) in [6.45, 7) is 4.26. The van der Waals surface area contributed by atoms with E-state index < -0.39 is 10.0 Å². The fourth-order valence-electron chi connectivity index (χ4n) is 3.75. The number of thiophene rings is 1. The first-order valence-electron chi connectivity index (χ1n) is 10.7. The van der Waals surface area contributed by atoms with Crippen LogP contribution >= 0.6 is 11.3 Å². The summed E-state index contributed by atoms with van der Waals surface area (Å²) in [6, 6.07) is 8.72. The summed E-state index contributed by atoms with van der Waals surface area (Å²) >= 11 is 1.33. The standard InChI is InChI=1S/C22H26N4O5S2/c1-4-20-24-21(25-31-20)18-13-19(14(2)32-18)33(28,29)26-11-9-15(10-12-26)22(27)23-16-5-7-17(30-3)8-6-16/h5-8,13,15H,4,9-12H2,1-3H3,(H,23,27). The molecule has 33 heavy (non-hydrogen) atoms. The van der Waals surface area contributed by atoms with Crippen molar-refractivity contribution in [2.75, 3.05) is 25.5 Å². The number of aryl methyl sites for hydroxylation is 2. The fourth-order valence-corrected chi connectivity index (χ4v) is 6.70. The van der Waals surface area contributed by atoms with E-state index in [1.54, 1.807) is 44.4 Å². The summed E-state index contributed by atoms with van der Waals surface area (Å²) in [5, 5.41) is 6.85. The van der Waals surface area contributed by atoms with Crippen molar-refractivity contribution in [2.45, 2.75) is 38.0 Å². The van der Waals surface area contributed by atoms with E-state index >= 15 is 0 Å². The highest BCUT2D eigenvalue weighted by Gasteiger charge is 2.34. The predicted octanol–water partition coefficient (Wildman–Crippen LogP) is 3.72. The van der Waals surface area contributed by atoms with Crippen molar-refractivity contribution in [3.63, 3.8) is 0 Å². The minimum absolute atomic E-state index is 0.102. The van der Waals surface area contributed by atoms with Crippen LogP contribution in [-0.2, 0) is 21.2 Å². The Morgan fingerprint density at radius 1 is 1.27 bits per heavy atom. The molecule has 1 aliphatic rings. The van der Waals surface area contributed by atoms with Crippen molar-refractivity contribution < 1.29 is 22.5 Å². The zero-order valence-electron chi connectivity index (χ0n) is 18.7. The van der Waals surface area contributed by atoms with E-state index in [1.165, 1.54) is 15.6 Å². The summed E-state index contributed by atoms with van der Waals surface area (Å²) < 4.78 is 38.3. The topological polar surface area (TPSA) is 115 Å². The molecule has 1 N–H and O–H groups in total. The van der Waals surface area contributed by atoms with E-state index in [-0.39, 0.29) is 29.8 Å². The molecule has 4 rings (SSSR count). The van der Waals surface area contributed by atoms with Crippen LogP contribution in [-0.4, -0.2) is 49.0 Å². The zero-order valence-corrected chi connectivity index (χ0v) is 20.3. The SMILES string of the molecule is CCc1nc(-c2cc(S(=O)(=O)N3CCC(C(=O)Nc4ccc(OC)cc4)CC3)c(C)s2)no1. The van der Waals surface area contributed by atoms with Gasteiger partial charge in [-0.1, -0.05) is 12.1 Å². The van der Waals surface area contributed by atoms with Gasteiger partial charge in [-0.2, -0.15) is 9.29 Å². The summed E-state index contributed by atoms with van der Waals surface area (Å²) in [6.07, 6.45) is 1.54. The third-order valence-corrected chi connectivity index (χ3v) is 8.86. The van der Waals surface area contributed by atoms with Gasteiger partial charge in [0.15, 0.2) is 0 Å². The third kappa shape index (κ3) is 4.94. The van der Waals surface area contributed by atoms with E-state index in [0.29, 0.717) is 52.2 Å². The lowest BCUT2D eigenvalue weighted by molar-refractivity contribution is -0.120. The van der Waals surface area contributed by atoms with Crippen LogP contribution < -0.4 is 10.1 Å². The van der Waals surface area contributed by atoms with Gasteiger partial charge in [0.2, 0.25) is 27.6 Å². The van der Waals surface area contributed by atoms with Gasteiger partial charge >= 0.3 is 0 Å². The summed E-state index contributed by atoms with van der Waals surface area (Å²) in [5.74, 6) is 1.27. The smallest absolute Gasteiger partial charge is 0.244 e. The van der Waals surface area contributed by atoms with Crippen molar-refractivity contribution in [1.82, 2.24) is 14.4 Å². The number of hydrogen-bond donors (Lipinski definition) is 1. The second kappa shape index (κ2) is 9.62. The van der Waals surface area contributed by atoms with Gasteiger partial charge in [-0.05, 0) is 50.1 Å².